The Balaban J connectivity index is 4.33. The van der Waals surface area contributed by atoms with E-state index in [0.29, 0.717) is 32.5 Å². The second-order valence-corrected chi connectivity index (χ2v) is 6.01. The number of amides is 1. The summed E-state index contributed by atoms with van der Waals surface area (Å²) >= 11 is 0. The second-order valence-electron chi connectivity index (χ2n) is 6.01. The van der Waals surface area contributed by atoms with E-state index in [9.17, 15) is 4.79 Å². The van der Waals surface area contributed by atoms with Crippen LogP contribution in [0.4, 0.5) is 0 Å². The molecule has 0 saturated carbocycles. The summed E-state index contributed by atoms with van der Waals surface area (Å²) in [6.45, 7) is 7.76. The summed E-state index contributed by atoms with van der Waals surface area (Å²) in [5, 5.41) is 8.61. The van der Waals surface area contributed by atoms with Crippen molar-refractivity contribution in [2.75, 3.05) is 26.8 Å². The van der Waals surface area contributed by atoms with E-state index in [2.05, 4.69) is 26.8 Å². The van der Waals surface area contributed by atoms with Gasteiger partial charge >= 0.3 is 0 Å². The molecule has 0 aromatic carbocycles. The van der Waals surface area contributed by atoms with Crippen LogP contribution in [-0.4, -0.2) is 43.7 Å². The minimum atomic E-state index is -0.139. The smallest absolute Gasteiger partial charge is 0.224 e. The number of carbonyl (C=O) groups excluding carboxylic acids is 1. The van der Waals surface area contributed by atoms with Gasteiger partial charge in [0.1, 0.15) is 0 Å². The van der Waals surface area contributed by atoms with Crippen LogP contribution in [0.5, 0.6) is 0 Å². The van der Waals surface area contributed by atoms with Gasteiger partial charge in [0.15, 0.2) is 0 Å². The average molecular weight is 269 g/mol. The first-order valence-electron chi connectivity index (χ1n) is 6.69. The molecule has 0 bridgehead atoms. The Morgan fingerprint density at radius 3 is 2.53 bits per heavy atom. The molecule has 0 aromatic heterocycles. The van der Waals surface area contributed by atoms with Gasteiger partial charge in [-0.15, -0.1) is 0 Å². The molecule has 0 aliphatic heterocycles. The van der Waals surface area contributed by atoms with Crippen LogP contribution < -0.4 is 5.73 Å². The Morgan fingerprint density at radius 1 is 1.42 bits per heavy atom. The highest BCUT2D eigenvalue weighted by Gasteiger charge is 2.21. The van der Waals surface area contributed by atoms with Crippen LogP contribution >= 0.6 is 0 Å². The number of nitrogens with two attached hydrogens (primary N) is 1. The van der Waals surface area contributed by atoms with Gasteiger partial charge in [-0.05, 0) is 11.8 Å². The molecule has 19 heavy (non-hydrogen) atoms. The molecule has 1 atom stereocenters. The maximum atomic E-state index is 12.1. The molecular weight excluding hydrogens is 242 g/mol. The Kier molecular flexibility index (Phi) is 8.37. The summed E-state index contributed by atoms with van der Waals surface area (Å²) in [4.78, 5) is 13.8. The van der Waals surface area contributed by atoms with Gasteiger partial charge in [-0.1, -0.05) is 20.8 Å². The fourth-order valence-electron chi connectivity index (χ4n) is 1.96. The monoisotopic (exact) mass is 269 g/mol. The molecule has 0 fully saturated rings. The van der Waals surface area contributed by atoms with Gasteiger partial charge in [-0.3, -0.25) is 4.79 Å². The third-order valence-electron chi connectivity index (χ3n) is 2.72. The highest BCUT2D eigenvalue weighted by atomic mass is 16.5. The molecule has 0 saturated heterocycles. The molecule has 5 heteroatoms. The van der Waals surface area contributed by atoms with Crippen LogP contribution in [0.2, 0.25) is 0 Å². The highest BCUT2D eigenvalue weighted by molar-refractivity contribution is 5.76. The molecule has 0 rings (SSSR count). The summed E-state index contributed by atoms with van der Waals surface area (Å²) in [5.41, 5.74) is 6.13. The Labute approximate surface area is 116 Å². The number of ether oxygens (including phenoxy) is 1. The predicted octanol–water partition coefficient (Wildman–Crippen LogP) is 1.53. The lowest BCUT2D eigenvalue weighted by molar-refractivity contribution is -0.132. The first-order valence-corrected chi connectivity index (χ1v) is 6.69. The van der Waals surface area contributed by atoms with E-state index in [1.54, 1.807) is 12.0 Å². The lowest BCUT2D eigenvalue weighted by atomic mass is 9.87. The van der Waals surface area contributed by atoms with Crippen molar-refractivity contribution in [2.45, 2.75) is 46.1 Å². The molecular formula is C14H27N3O2. The maximum absolute atomic E-state index is 12.1. The van der Waals surface area contributed by atoms with E-state index in [-0.39, 0.29) is 17.4 Å². The molecule has 110 valence electrons. The molecule has 0 aliphatic carbocycles. The van der Waals surface area contributed by atoms with E-state index in [4.69, 9.17) is 15.7 Å². The third-order valence-corrected chi connectivity index (χ3v) is 2.72. The number of nitriles is 1. The van der Waals surface area contributed by atoms with Crippen molar-refractivity contribution in [3.8, 4) is 6.07 Å². The highest BCUT2D eigenvalue weighted by Crippen LogP contribution is 2.21. The maximum Gasteiger partial charge on any atom is 0.224 e. The van der Waals surface area contributed by atoms with Gasteiger partial charge in [0.25, 0.3) is 0 Å². The van der Waals surface area contributed by atoms with Crippen LogP contribution in [-0.2, 0) is 9.53 Å². The first kappa shape index (κ1) is 17.9. The van der Waals surface area contributed by atoms with Gasteiger partial charge < -0.3 is 15.4 Å². The largest absolute Gasteiger partial charge is 0.383 e. The minimum Gasteiger partial charge on any atom is -0.383 e. The van der Waals surface area contributed by atoms with Crippen molar-refractivity contribution < 1.29 is 9.53 Å². The Hall–Kier alpha value is -1.12. The number of nitrogens with zero attached hydrogens (tertiary/aromatic N) is 2. The zero-order valence-electron chi connectivity index (χ0n) is 12.6. The normalized spacial score (nSPS) is 12.8. The Morgan fingerprint density at radius 2 is 2.05 bits per heavy atom. The zero-order chi connectivity index (χ0) is 14.9. The molecule has 1 amide bonds. The quantitative estimate of drug-likeness (QED) is 0.724. The van der Waals surface area contributed by atoms with E-state index >= 15 is 0 Å². The summed E-state index contributed by atoms with van der Waals surface area (Å²) in [5.74, 6) is 0.00375. The van der Waals surface area contributed by atoms with Crippen LogP contribution in [0, 0.1) is 16.7 Å². The molecule has 0 aromatic rings. The molecule has 0 spiro atoms. The van der Waals surface area contributed by atoms with Crippen LogP contribution in [0.3, 0.4) is 0 Å². The minimum absolute atomic E-state index is 0.00375. The second kappa shape index (κ2) is 8.89. The molecule has 0 heterocycles. The number of hydrogen-bond donors (Lipinski definition) is 1. The van der Waals surface area contributed by atoms with E-state index < -0.39 is 0 Å². The topological polar surface area (TPSA) is 79.3 Å². The van der Waals surface area contributed by atoms with Crippen molar-refractivity contribution in [2.24, 2.45) is 11.1 Å². The summed E-state index contributed by atoms with van der Waals surface area (Å²) in [6.07, 6.45) is 1.46. The van der Waals surface area contributed by atoms with Crippen LogP contribution in [0.1, 0.15) is 40.0 Å². The lowest BCUT2D eigenvalue weighted by Crippen LogP contribution is -2.39. The van der Waals surface area contributed by atoms with Gasteiger partial charge in [0.2, 0.25) is 5.91 Å². The molecule has 2 N–H and O–H groups in total. The third kappa shape index (κ3) is 9.46. The number of carbonyl (C=O) groups is 1. The molecule has 5 nitrogen and oxygen atoms in total. The van der Waals surface area contributed by atoms with Gasteiger partial charge in [-0.25, -0.2) is 0 Å². The van der Waals surface area contributed by atoms with E-state index in [1.165, 1.54) is 0 Å². The molecule has 0 radical (unpaired) electrons. The number of rotatable bonds is 8. The van der Waals surface area contributed by atoms with Crippen LogP contribution in [0.15, 0.2) is 0 Å². The van der Waals surface area contributed by atoms with E-state index in [0.717, 1.165) is 6.42 Å². The first-order chi connectivity index (χ1) is 8.80. The van der Waals surface area contributed by atoms with Crippen molar-refractivity contribution in [3.05, 3.63) is 0 Å². The van der Waals surface area contributed by atoms with Gasteiger partial charge in [0, 0.05) is 32.7 Å². The fourth-order valence-corrected chi connectivity index (χ4v) is 1.96. The fraction of sp³-hybridized carbons (Fsp3) is 0.857. The standard InChI is InChI=1S/C14H27N3O2/c1-14(2,3)11-12(16)10-13(18)17(7-5-6-15)8-9-19-4/h12H,5,7-11,16H2,1-4H3. The number of hydrogen-bond acceptors (Lipinski definition) is 4. The van der Waals surface area contributed by atoms with Crippen LogP contribution in [0.25, 0.3) is 0 Å². The summed E-state index contributed by atoms with van der Waals surface area (Å²) < 4.78 is 4.98. The summed E-state index contributed by atoms with van der Waals surface area (Å²) in [7, 11) is 1.60. The van der Waals surface area contributed by atoms with Crippen molar-refractivity contribution >= 4 is 5.91 Å². The van der Waals surface area contributed by atoms with Crippen molar-refractivity contribution in [1.29, 1.82) is 5.26 Å². The SMILES string of the molecule is COCCN(CCC#N)C(=O)CC(N)CC(C)(C)C. The Bertz CT molecular complexity index is 305. The lowest BCUT2D eigenvalue weighted by Gasteiger charge is -2.26. The summed E-state index contributed by atoms with van der Waals surface area (Å²) in [6, 6.07) is 1.92. The molecule has 0 aliphatic rings. The van der Waals surface area contributed by atoms with Crippen molar-refractivity contribution in [3.63, 3.8) is 0 Å². The number of methoxy groups -OCH3 is 1. The molecule has 1 unspecified atom stereocenters. The van der Waals surface area contributed by atoms with Crippen molar-refractivity contribution in [1.82, 2.24) is 4.90 Å². The zero-order valence-corrected chi connectivity index (χ0v) is 12.6. The van der Waals surface area contributed by atoms with Gasteiger partial charge in [0.05, 0.1) is 19.1 Å². The van der Waals surface area contributed by atoms with E-state index in [1.807, 2.05) is 0 Å². The predicted molar refractivity (Wildman–Crippen MR) is 75.4 cm³/mol. The average Bonchev–Trinajstić information content (AvgIpc) is 2.26. The van der Waals surface area contributed by atoms with Gasteiger partial charge in [-0.2, -0.15) is 5.26 Å².